The third-order valence-corrected chi connectivity index (χ3v) is 2.32. The van der Waals surface area contributed by atoms with Gasteiger partial charge in [0, 0.05) is 5.33 Å². The first kappa shape index (κ1) is 11.3. The van der Waals surface area contributed by atoms with Gasteiger partial charge in [-0.1, -0.05) is 39.7 Å². The first-order valence-corrected chi connectivity index (χ1v) is 4.34. The fourth-order valence-electron chi connectivity index (χ4n) is 0.703. The van der Waals surface area contributed by atoms with Gasteiger partial charge in [0.1, 0.15) is 0 Å². The summed E-state index contributed by atoms with van der Waals surface area (Å²) in [4.78, 5) is 0. The molecule has 11 heavy (non-hydrogen) atoms. The molecule has 4 heteroatoms. The van der Waals surface area contributed by atoms with Crippen molar-refractivity contribution >= 4 is 50.2 Å². The molecule has 1 nitrogen and oxygen atoms in total. The molecule has 0 aromatic heterocycles. The zero-order valence-electron chi connectivity index (χ0n) is 5.68. The summed E-state index contributed by atoms with van der Waals surface area (Å²) in [5.74, 6) is 0. The van der Waals surface area contributed by atoms with Crippen LogP contribution in [0.15, 0.2) is 18.2 Å². The molecule has 0 unspecified atom stereocenters. The van der Waals surface area contributed by atoms with Crippen LogP contribution in [0.1, 0.15) is 5.56 Å². The number of alkyl halides is 1. The van der Waals surface area contributed by atoms with Gasteiger partial charge in [-0.3, -0.25) is 0 Å². The molecule has 1 aromatic rings. The topological polar surface area (TPSA) is 26.0 Å². The minimum atomic E-state index is 0. The van der Waals surface area contributed by atoms with E-state index in [0.29, 0.717) is 10.7 Å². The largest absolute Gasteiger partial charge is 0.398 e. The highest BCUT2D eigenvalue weighted by Gasteiger charge is 1.99. The SMILES string of the molecule is Br.Nc1cccc(CBr)c1Cl. The number of nitrogens with two attached hydrogens (primary N) is 1. The lowest BCUT2D eigenvalue weighted by Crippen LogP contribution is -1.88. The predicted molar refractivity (Wildman–Crippen MR) is 58.8 cm³/mol. The third kappa shape index (κ3) is 2.65. The Hall–Kier alpha value is 0.270. The predicted octanol–water partition coefficient (Wildman–Crippen LogP) is 3.40. The van der Waals surface area contributed by atoms with Crippen molar-refractivity contribution in [2.45, 2.75) is 5.33 Å². The quantitative estimate of drug-likeness (QED) is 0.624. The molecular weight excluding hydrogens is 293 g/mol. The van der Waals surface area contributed by atoms with E-state index in [-0.39, 0.29) is 17.0 Å². The van der Waals surface area contributed by atoms with Crippen molar-refractivity contribution in [1.82, 2.24) is 0 Å². The zero-order chi connectivity index (χ0) is 7.56. The first-order valence-electron chi connectivity index (χ1n) is 2.84. The molecule has 0 aliphatic rings. The van der Waals surface area contributed by atoms with Crippen molar-refractivity contribution in [2.75, 3.05) is 5.73 Å². The maximum Gasteiger partial charge on any atom is 0.0675 e. The molecule has 1 aromatic carbocycles. The van der Waals surface area contributed by atoms with Crippen molar-refractivity contribution in [3.8, 4) is 0 Å². The van der Waals surface area contributed by atoms with Crippen molar-refractivity contribution in [1.29, 1.82) is 0 Å². The Kier molecular flexibility index (Phi) is 5.13. The molecule has 0 bridgehead atoms. The Morgan fingerprint density at radius 3 is 2.55 bits per heavy atom. The van der Waals surface area contributed by atoms with E-state index in [4.69, 9.17) is 17.3 Å². The van der Waals surface area contributed by atoms with Crippen LogP contribution in [0.25, 0.3) is 0 Å². The third-order valence-electron chi connectivity index (χ3n) is 1.25. The number of hydrogen-bond acceptors (Lipinski definition) is 1. The average Bonchev–Trinajstić information content (AvgIpc) is 1.95. The van der Waals surface area contributed by atoms with Gasteiger partial charge in [-0.25, -0.2) is 0 Å². The molecule has 0 heterocycles. The van der Waals surface area contributed by atoms with E-state index >= 15 is 0 Å². The summed E-state index contributed by atoms with van der Waals surface area (Å²) < 4.78 is 0. The molecule has 0 fully saturated rings. The molecule has 0 spiro atoms. The van der Waals surface area contributed by atoms with Gasteiger partial charge in [0.2, 0.25) is 0 Å². The number of benzene rings is 1. The zero-order valence-corrected chi connectivity index (χ0v) is 9.74. The smallest absolute Gasteiger partial charge is 0.0675 e. The van der Waals surface area contributed by atoms with E-state index < -0.39 is 0 Å². The van der Waals surface area contributed by atoms with Crippen molar-refractivity contribution < 1.29 is 0 Å². The Balaban J connectivity index is 0.000001000. The molecule has 0 aliphatic carbocycles. The monoisotopic (exact) mass is 299 g/mol. The Morgan fingerprint density at radius 2 is 2.09 bits per heavy atom. The number of halogens is 3. The Morgan fingerprint density at radius 1 is 1.45 bits per heavy atom. The lowest BCUT2D eigenvalue weighted by Gasteiger charge is -2.01. The van der Waals surface area contributed by atoms with Crippen LogP contribution in [0.4, 0.5) is 5.69 Å². The normalized spacial score (nSPS) is 8.91. The summed E-state index contributed by atoms with van der Waals surface area (Å²) in [6.45, 7) is 0. The lowest BCUT2D eigenvalue weighted by atomic mass is 10.2. The highest BCUT2D eigenvalue weighted by Crippen LogP contribution is 2.24. The lowest BCUT2D eigenvalue weighted by molar-refractivity contribution is 1.44. The fourth-order valence-corrected chi connectivity index (χ4v) is 1.52. The molecule has 0 aliphatic heterocycles. The standard InChI is InChI=1S/C7H7BrClN.BrH/c8-4-5-2-1-3-6(10)7(5)9;/h1-3H,4,10H2;1H. The van der Waals surface area contributed by atoms with E-state index in [0.717, 1.165) is 10.9 Å². The van der Waals surface area contributed by atoms with Crippen LogP contribution >= 0.6 is 44.5 Å². The molecule has 2 N–H and O–H groups in total. The van der Waals surface area contributed by atoms with Crippen molar-refractivity contribution in [3.05, 3.63) is 28.8 Å². The summed E-state index contributed by atoms with van der Waals surface area (Å²) in [5, 5.41) is 1.40. The Bertz CT molecular complexity index is 240. The molecule has 1 rings (SSSR count). The average molecular weight is 301 g/mol. The maximum absolute atomic E-state index is 5.84. The van der Waals surface area contributed by atoms with E-state index in [1.165, 1.54) is 0 Å². The second-order valence-corrected chi connectivity index (χ2v) is 2.89. The van der Waals surface area contributed by atoms with Gasteiger partial charge in [0.15, 0.2) is 0 Å². The fraction of sp³-hybridized carbons (Fsp3) is 0.143. The van der Waals surface area contributed by atoms with E-state index in [9.17, 15) is 0 Å². The van der Waals surface area contributed by atoms with Crippen LogP contribution in [0.3, 0.4) is 0 Å². The highest BCUT2D eigenvalue weighted by molar-refractivity contribution is 9.08. The van der Waals surface area contributed by atoms with Crippen molar-refractivity contribution in [3.63, 3.8) is 0 Å². The van der Waals surface area contributed by atoms with Crippen LogP contribution in [-0.2, 0) is 5.33 Å². The molecule has 0 radical (unpaired) electrons. The van der Waals surface area contributed by atoms with Crippen LogP contribution in [-0.4, -0.2) is 0 Å². The molecule has 0 atom stereocenters. The summed E-state index contributed by atoms with van der Waals surface area (Å²) in [6.07, 6.45) is 0. The minimum Gasteiger partial charge on any atom is -0.398 e. The van der Waals surface area contributed by atoms with Gasteiger partial charge in [0.05, 0.1) is 10.7 Å². The van der Waals surface area contributed by atoms with Crippen LogP contribution in [0, 0.1) is 0 Å². The second-order valence-electron chi connectivity index (χ2n) is 1.95. The highest BCUT2D eigenvalue weighted by atomic mass is 79.9. The number of hydrogen-bond donors (Lipinski definition) is 1. The molecule has 0 saturated heterocycles. The summed E-state index contributed by atoms with van der Waals surface area (Å²) in [7, 11) is 0. The number of nitrogen functional groups attached to an aromatic ring is 1. The van der Waals surface area contributed by atoms with E-state index in [2.05, 4.69) is 15.9 Å². The maximum atomic E-state index is 5.84. The van der Waals surface area contributed by atoms with Crippen LogP contribution < -0.4 is 5.73 Å². The van der Waals surface area contributed by atoms with E-state index in [1.54, 1.807) is 6.07 Å². The van der Waals surface area contributed by atoms with Crippen molar-refractivity contribution in [2.24, 2.45) is 0 Å². The summed E-state index contributed by atoms with van der Waals surface area (Å²) >= 11 is 9.14. The number of rotatable bonds is 1. The van der Waals surface area contributed by atoms with Gasteiger partial charge in [-0.15, -0.1) is 17.0 Å². The number of anilines is 1. The summed E-state index contributed by atoms with van der Waals surface area (Å²) in [6, 6.07) is 5.61. The summed E-state index contributed by atoms with van der Waals surface area (Å²) in [5.41, 5.74) is 7.21. The second kappa shape index (κ2) is 5.01. The van der Waals surface area contributed by atoms with Gasteiger partial charge < -0.3 is 5.73 Å². The van der Waals surface area contributed by atoms with Gasteiger partial charge in [0.25, 0.3) is 0 Å². The van der Waals surface area contributed by atoms with Gasteiger partial charge in [-0.2, -0.15) is 0 Å². The van der Waals surface area contributed by atoms with Gasteiger partial charge >= 0.3 is 0 Å². The molecular formula is C7H8Br2ClN. The van der Waals surface area contributed by atoms with E-state index in [1.807, 2.05) is 12.1 Å². The first-order chi connectivity index (χ1) is 4.75. The van der Waals surface area contributed by atoms with Crippen LogP contribution in [0.5, 0.6) is 0 Å². The van der Waals surface area contributed by atoms with Crippen LogP contribution in [0.2, 0.25) is 5.02 Å². The molecule has 0 saturated carbocycles. The van der Waals surface area contributed by atoms with Gasteiger partial charge in [-0.05, 0) is 11.6 Å². The molecule has 62 valence electrons. The molecule has 0 amide bonds. The minimum absolute atomic E-state index is 0. The Labute approximate surface area is 89.8 Å².